The maximum absolute atomic E-state index is 12.3. The number of tetrazole rings is 1. The molecule has 0 bridgehead atoms. The van der Waals surface area contributed by atoms with Crippen molar-refractivity contribution < 1.29 is 4.79 Å². The standard InChI is InChI=1S/C17H19N7OS/c1-11-15(12(2)20-17(19-11)26-3)8-9-16(25)21-13-4-6-14(7-5-13)24-10-18-22-23-24/h4-7,10H,8-9H2,1-3H3,(H,21,25). The molecule has 0 saturated heterocycles. The van der Waals surface area contributed by atoms with Gasteiger partial charge in [-0.3, -0.25) is 4.79 Å². The van der Waals surface area contributed by atoms with Crippen LogP contribution in [0.3, 0.4) is 0 Å². The van der Waals surface area contributed by atoms with Crippen LogP contribution in [0.15, 0.2) is 35.7 Å². The van der Waals surface area contributed by atoms with Crippen LogP contribution >= 0.6 is 11.8 Å². The van der Waals surface area contributed by atoms with Crippen molar-refractivity contribution in [2.24, 2.45) is 0 Å². The van der Waals surface area contributed by atoms with Crippen molar-refractivity contribution in [1.29, 1.82) is 0 Å². The van der Waals surface area contributed by atoms with E-state index in [0.717, 1.165) is 33.5 Å². The van der Waals surface area contributed by atoms with Gasteiger partial charge < -0.3 is 5.32 Å². The normalized spacial score (nSPS) is 10.7. The van der Waals surface area contributed by atoms with Crippen LogP contribution in [0.25, 0.3) is 5.69 Å². The fraction of sp³-hybridized carbons (Fsp3) is 0.294. The zero-order chi connectivity index (χ0) is 18.5. The molecule has 0 atom stereocenters. The van der Waals surface area contributed by atoms with E-state index in [-0.39, 0.29) is 5.91 Å². The Kier molecular flexibility index (Phi) is 5.57. The van der Waals surface area contributed by atoms with Crippen LogP contribution in [0.2, 0.25) is 0 Å². The summed E-state index contributed by atoms with van der Waals surface area (Å²) in [6.07, 6.45) is 4.45. The molecule has 0 aliphatic rings. The number of carbonyl (C=O) groups is 1. The SMILES string of the molecule is CSc1nc(C)c(CCC(=O)Nc2ccc(-n3cnnn3)cc2)c(C)n1. The molecule has 2 heterocycles. The molecule has 0 radical (unpaired) electrons. The van der Waals surface area contributed by atoms with Crippen molar-refractivity contribution >= 4 is 23.4 Å². The largest absolute Gasteiger partial charge is 0.326 e. The summed E-state index contributed by atoms with van der Waals surface area (Å²) in [5, 5.41) is 14.7. The number of thioether (sulfide) groups is 1. The molecule has 0 fully saturated rings. The summed E-state index contributed by atoms with van der Waals surface area (Å²) in [5.74, 6) is -0.0482. The predicted octanol–water partition coefficient (Wildman–Crippen LogP) is 2.36. The van der Waals surface area contributed by atoms with Gasteiger partial charge in [-0.2, -0.15) is 0 Å². The molecule has 1 amide bonds. The van der Waals surface area contributed by atoms with Crippen molar-refractivity contribution in [3.8, 4) is 5.69 Å². The lowest BCUT2D eigenvalue weighted by Gasteiger charge is -2.10. The van der Waals surface area contributed by atoms with Gasteiger partial charge in [0.05, 0.1) is 5.69 Å². The highest BCUT2D eigenvalue weighted by molar-refractivity contribution is 7.98. The van der Waals surface area contributed by atoms with E-state index in [1.165, 1.54) is 18.1 Å². The second kappa shape index (κ2) is 8.05. The molecule has 2 aromatic heterocycles. The number of aryl methyl sites for hydroxylation is 2. The first-order valence-corrected chi connectivity index (χ1v) is 9.30. The number of carbonyl (C=O) groups excluding carboxylic acids is 1. The van der Waals surface area contributed by atoms with Crippen molar-refractivity contribution in [3.05, 3.63) is 47.5 Å². The number of aromatic nitrogens is 6. The van der Waals surface area contributed by atoms with Crippen LogP contribution in [0, 0.1) is 13.8 Å². The lowest BCUT2D eigenvalue weighted by Crippen LogP contribution is -2.13. The monoisotopic (exact) mass is 369 g/mol. The summed E-state index contributed by atoms with van der Waals surface area (Å²) in [5.41, 5.74) is 4.45. The fourth-order valence-corrected chi connectivity index (χ4v) is 3.06. The van der Waals surface area contributed by atoms with E-state index in [1.54, 1.807) is 4.68 Å². The molecule has 26 heavy (non-hydrogen) atoms. The summed E-state index contributed by atoms with van der Waals surface area (Å²) < 4.78 is 1.55. The Bertz CT molecular complexity index is 871. The molecule has 0 aliphatic carbocycles. The highest BCUT2D eigenvalue weighted by Gasteiger charge is 2.11. The zero-order valence-electron chi connectivity index (χ0n) is 14.8. The number of benzene rings is 1. The van der Waals surface area contributed by atoms with Crippen LogP contribution in [0.5, 0.6) is 0 Å². The van der Waals surface area contributed by atoms with Gasteiger partial charge in [0.25, 0.3) is 0 Å². The average molecular weight is 369 g/mol. The van der Waals surface area contributed by atoms with Crippen LogP contribution in [-0.2, 0) is 11.2 Å². The topological polar surface area (TPSA) is 98.5 Å². The van der Waals surface area contributed by atoms with E-state index in [1.807, 2.05) is 44.4 Å². The number of nitrogens with zero attached hydrogens (tertiary/aromatic N) is 6. The third-order valence-corrected chi connectivity index (χ3v) is 4.50. The first-order chi connectivity index (χ1) is 12.6. The number of nitrogens with one attached hydrogen (secondary N) is 1. The molecule has 0 saturated carbocycles. The number of anilines is 1. The van der Waals surface area contributed by atoms with Crippen LogP contribution in [0.1, 0.15) is 23.4 Å². The summed E-state index contributed by atoms with van der Waals surface area (Å²) >= 11 is 1.52. The molecule has 9 heteroatoms. The lowest BCUT2D eigenvalue weighted by molar-refractivity contribution is -0.116. The molecule has 3 aromatic rings. The van der Waals surface area contributed by atoms with Gasteiger partial charge in [0.15, 0.2) is 5.16 Å². The number of hydrogen-bond donors (Lipinski definition) is 1. The van der Waals surface area contributed by atoms with Gasteiger partial charge in [0, 0.05) is 23.5 Å². The van der Waals surface area contributed by atoms with Crippen molar-refractivity contribution in [2.45, 2.75) is 31.8 Å². The Morgan fingerprint density at radius 1 is 1.15 bits per heavy atom. The smallest absolute Gasteiger partial charge is 0.224 e. The van der Waals surface area contributed by atoms with E-state index in [4.69, 9.17) is 0 Å². The van der Waals surface area contributed by atoms with Gasteiger partial charge in [-0.15, -0.1) is 5.10 Å². The second-order valence-electron chi connectivity index (χ2n) is 5.71. The third kappa shape index (κ3) is 4.23. The molecular weight excluding hydrogens is 350 g/mol. The quantitative estimate of drug-likeness (QED) is 0.526. The Labute approximate surface area is 155 Å². The van der Waals surface area contributed by atoms with Crippen LogP contribution in [-0.4, -0.2) is 42.3 Å². The van der Waals surface area contributed by atoms with Gasteiger partial charge in [-0.05, 0) is 66.8 Å². The fourth-order valence-electron chi connectivity index (χ4n) is 2.60. The molecule has 3 rings (SSSR count). The first-order valence-electron chi connectivity index (χ1n) is 8.08. The summed E-state index contributed by atoms with van der Waals surface area (Å²) in [4.78, 5) is 21.2. The Morgan fingerprint density at radius 3 is 2.42 bits per heavy atom. The van der Waals surface area contributed by atoms with Crippen molar-refractivity contribution in [1.82, 2.24) is 30.2 Å². The second-order valence-corrected chi connectivity index (χ2v) is 6.48. The van der Waals surface area contributed by atoms with Crippen LogP contribution < -0.4 is 5.32 Å². The van der Waals surface area contributed by atoms with E-state index in [2.05, 4.69) is 30.8 Å². The average Bonchev–Trinajstić information content (AvgIpc) is 3.16. The van der Waals surface area contributed by atoms with E-state index in [9.17, 15) is 4.79 Å². The Morgan fingerprint density at radius 2 is 1.85 bits per heavy atom. The van der Waals surface area contributed by atoms with Crippen molar-refractivity contribution in [2.75, 3.05) is 11.6 Å². The molecule has 0 aliphatic heterocycles. The maximum atomic E-state index is 12.3. The van der Waals surface area contributed by atoms with E-state index in [0.29, 0.717) is 12.8 Å². The van der Waals surface area contributed by atoms with Gasteiger partial charge in [-0.25, -0.2) is 14.6 Å². The highest BCUT2D eigenvalue weighted by Crippen LogP contribution is 2.18. The van der Waals surface area contributed by atoms with Crippen molar-refractivity contribution in [3.63, 3.8) is 0 Å². The third-order valence-electron chi connectivity index (χ3n) is 3.95. The van der Waals surface area contributed by atoms with Gasteiger partial charge in [0.2, 0.25) is 5.91 Å². The maximum Gasteiger partial charge on any atom is 0.224 e. The molecule has 8 nitrogen and oxygen atoms in total. The first kappa shape index (κ1) is 18.0. The Balaban J connectivity index is 1.59. The number of amides is 1. The summed E-state index contributed by atoms with van der Waals surface area (Å²) in [7, 11) is 0. The Hall–Kier alpha value is -2.81. The summed E-state index contributed by atoms with van der Waals surface area (Å²) in [6.45, 7) is 3.92. The van der Waals surface area contributed by atoms with Crippen LogP contribution in [0.4, 0.5) is 5.69 Å². The molecule has 1 aromatic carbocycles. The molecule has 134 valence electrons. The number of hydrogen-bond acceptors (Lipinski definition) is 7. The zero-order valence-corrected chi connectivity index (χ0v) is 15.6. The molecule has 0 spiro atoms. The minimum absolute atomic E-state index is 0.0482. The molecule has 1 N–H and O–H groups in total. The number of rotatable bonds is 6. The van der Waals surface area contributed by atoms with E-state index >= 15 is 0 Å². The molecular formula is C17H19N7OS. The van der Waals surface area contributed by atoms with Gasteiger partial charge in [-0.1, -0.05) is 11.8 Å². The minimum atomic E-state index is -0.0482. The summed E-state index contributed by atoms with van der Waals surface area (Å²) in [6, 6.07) is 7.33. The molecule has 0 unspecified atom stereocenters. The highest BCUT2D eigenvalue weighted by atomic mass is 32.2. The lowest BCUT2D eigenvalue weighted by atomic mass is 10.1. The van der Waals surface area contributed by atoms with Gasteiger partial charge >= 0.3 is 0 Å². The van der Waals surface area contributed by atoms with Gasteiger partial charge in [0.1, 0.15) is 6.33 Å². The minimum Gasteiger partial charge on any atom is -0.326 e. The predicted molar refractivity (Wildman–Crippen MR) is 99.4 cm³/mol. The van der Waals surface area contributed by atoms with E-state index < -0.39 is 0 Å².